The summed E-state index contributed by atoms with van der Waals surface area (Å²) in [5.74, 6) is 0.524. The zero-order valence-corrected chi connectivity index (χ0v) is 11.8. The lowest BCUT2D eigenvalue weighted by Crippen LogP contribution is -2.47. The summed E-state index contributed by atoms with van der Waals surface area (Å²) in [5, 5.41) is 9.70. The molecule has 1 aromatic rings. The van der Waals surface area contributed by atoms with Gasteiger partial charge in [-0.15, -0.1) is 0 Å². The van der Waals surface area contributed by atoms with Crippen molar-refractivity contribution in [3.05, 3.63) is 40.1 Å². The van der Waals surface area contributed by atoms with Crippen molar-refractivity contribution in [3.63, 3.8) is 0 Å². The standard InChI is InChI=1S/C13H14Cl2N4/c14-11-2-1-10(9-12(11)15)18-5-7-19(8-6-18)13(17)3-4-16/h1-3,9H,5-8,17H2/b13-3+. The topological polar surface area (TPSA) is 56.3 Å². The summed E-state index contributed by atoms with van der Waals surface area (Å²) >= 11 is 11.9. The van der Waals surface area contributed by atoms with Crippen LogP contribution in [-0.4, -0.2) is 31.1 Å². The number of hydrogen-bond donors (Lipinski definition) is 1. The lowest BCUT2D eigenvalue weighted by Gasteiger charge is -2.37. The molecule has 0 bridgehead atoms. The van der Waals surface area contributed by atoms with E-state index in [9.17, 15) is 0 Å². The van der Waals surface area contributed by atoms with E-state index in [0.717, 1.165) is 31.9 Å². The third-order valence-corrected chi connectivity index (χ3v) is 3.86. The highest BCUT2D eigenvalue weighted by atomic mass is 35.5. The Bertz CT molecular complexity index is 528. The van der Waals surface area contributed by atoms with Gasteiger partial charge in [-0.2, -0.15) is 5.26 Å². The molecule has 2 rings (SSSR count). The first-order valence-electron chi connectivity index (χ1n) is 5.92. The molecule has 1 aliphatic rings. The van der Waals surface area contributed by atoms with E-state index in [1.807, 2.05) is 23.1 Å². The van der Waals surface area contributed by atoms with Crippen LogP contribution in [0.25, 0.3) is 0 Å². The Labute approximate surface area is 122 Å². The van der Waals surface area contributed by atoms with Crippen LogP contribution in [0.4, 0.5) is 5.69 Å². The summed E-state index contributed by atoms with van der Waals surface area (Å²) in [7, 11) is 0. The van der Waals surface area contributed by atoms with E-state index in [2.05, 4.69) is 4.90 Å². The number of anilines is 1. The molecule has 0 saturated carbocycles. The first-order valence-corrected chi connectivity index (χ1v) is 6.67. The lowest BCUT2D eigenvalue weighted by atomic mass is 10.2. The van der Waals surface area contributed by atoms with Crippen LogP contribution in [0.3, 0.4) is 0 Å². The van der Waals surface area contributed by atoms with Gasteiger partial charge in [0.1, 0.15) is 5.82 Å². The summed E-state index contributed by atoms with van der Waals surface area (Å²) in [6, 6.07) is 7.57. The fourth-order valence-corrected chi connectivity index (χ4v) is 2.35. The molecule has 100 valence electrons. The van der Waals surface area contributed by atoms with E-state index in [1.165, 1.54) is 6.08 Å². The van der Waals surface area contributed by atoms with Gasteiger partial charge in [-0.05, 0) is 18.2 Å². The monoisotopic (exact) mass is 296 g/mol. The highest BCUT2D eigenvalue weighted by molar-refractivity contribution is 6.42. The molecule has 1 fully saturated rings. The molecule has 6 heteroatoms. The van der Waals surface area contributed by atoms with Crippen molar-refractivity contribution in [3.8, 4) is 6.07 Å². The Hall–Kier alpha value is -1.57. The molecule has 1 aliphatic heterocycles. The van der Waals surface area contributed by atoms with E-state index in [-0.39, 0.29) is 0 Å². The number of nitrogens with zero attached hydrogens (tertiary/aromatic N) is 3. The zero-order chi connectivity index (χ0) is 13.8. The van der Waals surface area contributed by atoms with Crippen molar-refractivity contribution in [1.82, 2.24) is 4.90 Å². The summed E-state index contributed by atoms with van der Waals surface area (Å²) in [6.07, 6.45) is 1.37. The van der Waals surface area contributed by atoms with Gasteiger partial charge in [-0.3, -0.25) is 0 Å². The van der Waals surface area contributed by atoms with Crippen molar-refractivity contribution in [1.29, 1.82) is 5.26 Å². The molecule has 0 atom stereocenters. The third-order valence-electron chi connectivity index (χ3n) is 3.13. The number of hydrogen-bond acceptors (Lipinski definition) is 4. The number of halogens is 2. The van der Waals surface area contributed by atoms with Crippen molar-refractivity contribution in [2.75, 3.05) is 31.1 Å². The molecule has 0 aliphatic carbocycles. The number of rotatable bonds is 2. The molecule has 0 amide bonds. The van der Waals surface area contributed by atoms with Crippen molar-refractivity contribution in [2.24, 2.45) is 5.73 Å². The van der Waals surface area contributed by atoms with Gasteiger partial charge < -0.3 is 15.5 Å². The molecule has 0 aromatic heterocycles. The van der Waals surface area contributed by atoms with E-state index in [0.29, 0.717) is 15.9 Å². The quantitative estimate of drug-likeness (QED) is 0.852. The Morgan fingerprint density at radius 3 is 2.47 bits per heavy atom. The number of piperazine rings is 1. The second kappa shape index (κ2) is 6.05. The van der Waals surface area contributed by atoms with E-state index < -0.39 is 0 Å². The van der Waals surface area contributed by atoms with E-state index in [4.69, 9.17) is 34.2 Å². The minimum absolute atomic E-state index is 0.524. The number of benzene rings is 1. The molecule has 4 nitrogen and oxygen atoms in total. The first kappa shape index (κ1) is 13.9. The minimum atomic E-state index is 0.524. The van der Waals surface area contributed by atoms with Crippen LogP contribution < -0.4 is 10.6 Å². The predicted octanol–water partition coefficient (Wildman–Crippen LogP) is 2.44. The van der Waals surface area contributed by atoms with Crippen LogP contribution in [0.1, 0.15) is 0 Å². The number of nitrogens with two attached hydrogens (primary N) is 1. The van der Waals surface area contributed by atoms with Gasteiger partial charge in [0.15, 0.2) is 0 Å². The lowest BCUT2D eigenvalue weighted by molar-refractivity contribution is 0.318. The van der Waals surface area contributed by atoms with E-state index >= 15 is 0 Å². The Morgan fingerprint density at radius 2 is 1.89 bits per heavy atom. The second-order valence-electron chi connectivity index (χ2n) is 4.27. The Morgan fingerprint density at radius 1 is 1.21 bits per heavy atom. The molecule has 1 heterocycles. The Kier molecular flexibility index (Phi) is 4.41. The highest BCUT2D eigenvalue weighted by Crippen LogP contribution is 2.27. The van der Waals surface area contributed by atoms with Crippen LogP contribution >= 0.6 is 23.2 Å². The summed E-state index contributed by atoms with van der Waals surface area (Å²) in [5.41, 5.74) is 6.85. The van der Waals surface area contributed by atoms with Crippen LogP contribution in [0.2, 0.25) is 10.0 Å². The molecule has 0 radical (unpaired) electrons. The first-order chi connectivity index (χ1) is 9.11. The fraction of sp³-hybridized carbons (Fsp3) is 0.308. The van der Waals surface area contributed by atoms with E-state index in [1.54, 1.807) is 6.07 Å². The van der Waals surface area contributed by atoms with Crippen molar-refractivity contribution in [2.45, 2.75) is 0 Å². The van der Waals surface area contributed by atoms with Gasteiger partial charge >= 0.3 is 0 Å². The maximum Gasteiger partial charge on any atom is 0.109 e. The normalized spacial score (nSPS) is 16.4. The highest BCUT2D eigenvalue weighted by Gasteiger charge is 2.18. The minimum Gasteiger partial charge on any atom is -0.385 e. The van der Waals surface area contributed by atoms with Gasteiger partial charge in [0.05, 0.1) is 22.2 Å². The molecule has 2 N–H and O–H groups in total. The molecular weight excluding hydrogens is 283 g/mol. The predicted molar refractivity (Wildman–Crippen MR) is 78.1 cm³/mol. The average molecular weight is 297 g/mol. The van der Waals surface area contributed by atoms with Gasteiger partial charge in [0, 0.05) is 31.9 Å². The van der Waals surface area contributed by atoms with Crippen LogP contribution in [0, 0.1) is 11.3 Å². The van der Waals surface area contributed by atoms with Gasteiger partial charge in [-0.25, -0.2) is 0 Å². The molecular formula is C13H14Cl2N4. The number of nitriles is 1. The fourth-order valence-electron chi connectivity index (χ4n) is 2.06. The van der Waals surface area contributed by atoms with Gasteiger partial charge in [-0.1, -0.05) is 23.2 Å². The Balaban J connectivity index is 2.02. The second-order valence-corrected chi connectivity index (χ2v) is 5.09. The molecule has 19 heavy (non-hydrogen) atoms. The van der Waals surface area contributed by atoms with Crippen LogP contribution in [0.5, 0.6) is 0 Å². The van der Waals surface area contributed by atoms with Crippen molar-refractivity contribution < 1.29 is 0 Å². The van der Waals surface area contributed by atoms with Crippen LogP contribution in [0.15, 0.2) is 30.1 Å². The number of allylic oxidation sites excluding steroid dienone is 1. The average Bonchev–Trinajstić information content (AvgIpc) is 2.42. The molecule has 0 unspecified atom stereocenters. The maximum atomic E-state index is 8.58. The van der Waals surface area contributed by atoms with Crippen molar-refractivity contribution >= 4 is 28.9 Å². The summed E-state index contributed by atoms with van der Waals surface area (Å²) in [4.78, 5) is 4.22. The van der Waals surface area contributed by atoms with Gasteiger partial charge in [0.2, 0.25) is 0 Å². The SMILES string of the molecule is N#C/C=C(\N)N1CCN(c2ccc(Cl)c(Cl)c2)CC1. The third kappa shape index (κ3) is 3.25. The molecule has 0 spiro atoms. The largest absolute Gasteiger partial charge is 0.385 e. The van der Waals surface area contributed by atoms with Gasteiger partial charge in [0.25, 0.3) is 0 Å². The maximum absolute atomic E-state index is 8.58. The smallest absolute Gasteiger partial charge is 0.109 e. The molecule has 1 saturated heterocycles. The zero-order valence-electron chi connectivity index (χ0n) is 10.3. The summed E-state index contributed by atoms with van der Waals surface area (Å²) < 4.78 is 0. The molecule has 1 aromatic carbocycles. The van der Waals surface area contributed by atoms with Crippen LogP contribution in [-0.2, 0) is 0 Å². The summed E-state index contributed by atoms with van der Waals surface area (Å²) in [6.45, 7) is 3.23.